The summed E-state index contributed by atoms with van der Waals surface area (Å²) in [4.78, 5) is 0. The van der Waals surface area contributed by atoms with Crippen LogP contribution in [0.1, 0.15) is 93.9 Å². The number of rotatable bonds is 7. The maximum Gasteiger partial charge on any atom is 0.0379 e. The topological polar surface area (TPSA) is 46.9 Å². The summed E-state index contributed by atoms with van der Waals surface area (Å²) in [6.45, 7) is 17.9. The van der Waals surface area contributed by atoms with E-state index in [-0.39, 0.29) is 24.2 Å². The fraction of sp³-hybridized carbons (Fsp3) is 1.00. The highest BCUT2D eigenvalue weighted by molar-refractivity contribution is 4.90. The maximum atomic E-state index is 10.7. The van der Waals surface area contributed by atoms with Crippen LogP contribution < -0.4 is 0 Å². The van der Waals surface area contributed by atoms with Crippen LogP contribution in [-0.2, 0) is 0 Å². The molecule has 2 aliphatic heterocycles. The second-order valence-corrected chi connectivity index (χ2v) is 11.3. The molecule has 0 spiro atoms. The van der Waals surface area contributed by atoms with Gasteiger partial charge in [0.05, 0.1) is 0 Å². The third kappa shape index (κ3) is 5.71. The fourth-order valence-electron chi connectivity index (χ4n) is 5.74. The summed E-state index contributed by atoms with van der Waals surface area (Å²) >= 11 is 0. The predicted molar refractivity (Wildman–Crippen MR) is 116 cm³/mol. The number of hydrogen-bond donors (Lipinski definition) is 2. The summed E-state index contributed by atoms with van der Waals surface area (Å²) in [6, 6.07) is 1.16. The highest BCUT2D eigenvalue weighted by atomic mass is 16.5. The molecule has 0 aliphatic carbocycles. The normalized spacial score (nSPS) is 36.2. The molecule has 4 atom stereocenters. The Kier molecular flexibility index (Phi) is 8.82. The van der Waals surface area contributed by atoms with E-state index in [1.54, 1.807) is 10.1 Å². The third-order valence-electron chi connectivity index (χ3n) is 7.72. The van der Waals surface area contributed by atoms with E-state index in [2.05, 4.69) is 55.4 Å². The van der Waals surface area contributed by atoms with Gasteiger partial charge >= 0.3 is 0 Å². The molecule has 166 valence electrons. The second-order valence-electron chi connectivity index (χ2n) is 11.3. The molecule has 2 saturated heterocycles. The molecule has 2 rings (SSSR count). The Morgan fingerprint density at radius 3 is 0.929 bits per heavy atom. The van der Waals surface area contributed by atoms with Crippen LogP contribution in [0.25, 0.3) is 0 Å². The zero-order valence-corrected chi connectivity index (χ0v) is 19.8. The van der Waals surface area contributed by atoms with E-state index in [4.69, 9.17) is 0 Å². The van der Waals surface area contributed by atoms with E-state index in [1.807, 2.05) is 0 Å². The lowest BCUT2D eigenvalue weighted by Gasteiger charge is -2.47. The van der Waals surface area contributed by atoms with Gasteiger partial charge < -0.3 is 10.4 Å². The van der Waals surface area contributed by atoms with E-state index in [9.17, 15) is 10.4 Å². The monoisotopic (exact) mass is 396 g/mol. The third-order valence-corrected chi connectivity index (χ3v) is 7.72. The fourth-order valence-corrected chi connectivity index (χ4v) is 5.74. The van der Waals surface area contributed by atoms with Crippen molar-refractivity contribution in [2.24, 2.45) is 35.5 Å². The standard InChI is InChI=1S/C24H48N2O2/c1-15(2)21-11-19(12-22(16(3)4)25(21)27)9-10-20-13-23(17(5)6)26(28)24(14-20)18(7)8/h15-24,27-28H,9-14H2,1-8H3. The van der Waals surface area contributed by atoms with Crippen LogP contribution in [0, 0.1) is 35.5 Å². The van der Waals surface area contributed by atoms with Gasteiger partial charge in [-0.2, -0.15) is 10.1 Å². The Labute approximate surface area is 174 Å². The molecule has 0 saturated carbocycles. The van der Waals surface area contributed by atoms with Gasteiger partial charge in [-0.25, -0.2) is 0 Å². The van der Waals surface area contributed by atoms with Crippen LogP contribution in [0.2, 0.25) is 0 Å². The van der Waals surface area contributed by atoms with Gasteiger partial charge in [0.1, 0.15) is 0 Å². The lowest BCUT2D eigenvalue weighted by molar-refractivity contribution is -0.210. The SMILES string of the molecule is CC(C)C1CC(CCC2CC(C(C)C)N(O)C(C(C)C)C2)CC(C(C)C)N1O. The molecular formula is C24H48N2O2. The minimum atomic E-state index is 0.289. The van der Waals surface area contributed by atoms with E-state index < -0.39 is 0 Å². The Bertz CT molecular complexity index is 388. The summed E-state index contributed by atoms with van der Waals surface area (Å²) in [5.41, 5.74) is 0. The van der Waals surface area contributed by atoms with E-state index in [1.165, 1.54) is 12.8 Å². The summed E-state index contributed by atoms with van der Waals surface area (Å²) in [6.07, 6.45) is 7.03. The number of hydrogen-bond acceptors (Lipinski definition) is 4. The Morgan fingerprint density at radius 2 is 0.750 bits per heavy atom. The molecule has 2 aliphatic rings. The molecule has 2 N–H and O–H groups in total. The van der Waals surface area contributed by atoms with Gasteiger partial charge in [-0.05, 0) is 61.2 Å². The molecule has 0 amide bonds. The molecule has 2 fully saturated rings. The van der Waals surface area contributed by atoms with Gasteiger partial charge in [-0.1, -0.05) is 68.2 Å². The van der Waals surface area contributed by atoms with Crippen molar-refractivity contribution >= 4 is 0 Å². The first-order chi connectivity index (χ1) is 13.0. The summed E-state index contributed by atoms with van der Waals surface area (Å²) < 4.78 is 0. The van der Waals surface area contributed by atoms with Crippen LogP contribution in [0.4, 0.5) is 0 Å². The zero-order chi connectivity index (χ0) is 21.2. The Morgan fingerprint density at radius 1 is 0.536 bits per heavy atom. The van der Waals surface area contributed by atoms with E-state index in [0.29, 0.717) is 35.5 Å². The van der Waals surface area contributed by atoms with Crippen LogP contribution >= 0.6 is 0 Å². The van der Waals surface area contributed by atoms with E-state index in [0.717, 1.165) is 25.7 Å². The minimum Gasteiger partial charge on any atom is -0.313 e. The van der Waals surface area contributed by atoms with Crippen molar-refractivity contribution in [3.05, 3.63) is 0 Å². The highest BCUT2D eigenvalue weighted by Gasteiger charge is 2.40. The Hall–Kier alpha value is -0.160. The quantitative estimate of drug-likeness (QED) is 0.548. The molecule has 0 aromatic carbocycles. The number of nitrogens with zero attached hydrogens (tertiary/aromatic N) is 2. The first-order valence-corrected chi connectivity index (χ1v) is 12.0. The van der Waals surface area contributed by atoms with Gasteiger partial charge in [0.2, 0.25) is 0 Å². The smallest absolute Gasteiger partial charge is 0.0379 e. The molecule has 2 heterocycles. The lowest BCUT2D eigenvalue weighted by atomic mass is 9.74. The van der Waals surface area contributed by atoms with Crippen LogP contribution in [0.5, 0.6) is 0 Å². The van der Waals surface area contributed by atoms with Crippen molar-refractivity contribution < 1.29 is 10.4 Å². The maximum absolute atomic E-state index is 10.7. The van der Waals surface area contributed by atoms with Gasteiger partial charge in [0.25, 0.3) is 0 Å². The number of hydroxylamine groups is 4. The van der Waals surface area contributed by atoms with Crippen molar-refractivity contribution in [3.63, 3.8) is 0 Å². The molecule has 4 nitrogen and oxygen atoms in total. The average molecular weight is 397 g/mol. The first-order valence-electron chi connectivity index (χ1n) is 12.0. The van der Waals surface area contributed by atoms with Crippen molar-refractivity contribution in [3.8, 4) is 0 Å². The molecular weight excluding hydrogens is 348 g/mol. The van der Waals surface area contributed by atoms with Gasteiger partial charge in [-0.15, -0.1) is 0 Å². The first kappa shape index (κ1) is 24.1. The predicted octanol–water partition coefficient (Wildman–Crippen LogP) is 6.07. The van der Waals surface area contributed by atoms with Gasteiger partial charge in [-0.3, -0.25) is 0 Å². The summed E-state index contributed by atoms with van der Waals surface area (Å²) in [5, 5.41) is 24.8. The van der Waals surface area contributed by atoms with E-state index >= 15 is 0 Å². The van der Waals surface area contributed by atoms with Crippen LogP contribution in [0.3, 0.4) is 0 Å². The van der Waals surface area contributed by atoms with Crippen LogP contribution in [-0.4, -0.2) is 44.7 Å². The summed E-state index contributed by atoms with van der Waals surface area (Å²) in [7, 11) is 0. The molecule has 0 aromatic heterocycles. The molecule has 4 heteroatoms. The number of piperidine rings is 2. The largest absolute Gasteiger partial charge is 0.313 e. The summed E-state index contributed by atoms with van der Waals surface area (Å²) in [5.74, 6) is 3.38. The van der Waals surface area contributed by atoms with Crippen molar-refractivity contribution in [1.82, 2.24) is 10.1 Å². The van der Waals surface area contributed by atoms with Crippen molar-refractivity contribution in [2.45, 2.75) is 118 Å². The molecule has 0 bridgehead atoms. The lowest BCUT2D eigenvalue weighted by Crippen LogP contribution is -2.52. The highest BCUT2D eigenvalue weighted by Crippen LogP contribution is 2.40. The molecule has 0 radical (unpaired) electrons. The van der Waals surface area contributed by atoms with Gasteiger partial charge in [0.15, 0.2) is 0 Å². The average Bonchev–Trinajstić information content (AvgIpc) is 2.60. The van der Waals surface area contributed by atoms with Crippen LogP contribution in [0.15, 0.2) is 0 Å². The van der Waals surface area contributed by atoms with Crippen molar-refractivity contribution in [2.75, 3.05) is 0 Å². The van der Waals surface area contributed by atoms with Gasteiger partial charge in [0, 0.05) is 24.2 Å². The van der Waals surface area contributed by atoms with Crippen molar-refractivity contribution in [1.29, 1.82) is 0 Å². The molecule has 0 aromatic rings. The zero-order valence-electron chi connectivity index (χ0n) is 19.8. The molecule has 4 unspecified atom stereocenters. The minimum absolute atomic E-state index is 0.289. The Balaban J connectivity index is 2.01. The second kappa shape index (κ2) is 10.2. The molecule has 28 heavy (non-hydrogen) atoms.